The van der Waals surface area contributed by atoms with Gasteiger partial charge in [0.05, 0.1) is 17.9 Å². The lowest BCUT2D eigenvalue weighted by Crippen LogP contribution is -2.44. The van der Waals surface area contributed by atoms with Crippen LogP contribution in [0.25, 0.3) is 10.9 Å². The Bertz CT molecular complexity index is 2350. The number of amides is 3. The van der Waals surface area contributed by atoms with Gasteiger partial charge in [-0.2, -0.15) is 43.8 Å². The highest BCUT2D eigenvalue weighted by molar-refractivity contribution is 6.44. The second kappa shape index (κ2) is 15.3. The molecule has 3 unspecified atom stereocenters. The average Bonchev–Trinajstić information content (AvgIpc) is 3.78. The predicted molar refractivity (Wildman–Crippen MR) is 189 cm³/mol. The summed E-state index contributed by atoms with van der Waals surface area (Å²) in [5, 5.41) is 26.8. The number of halogens is 5. The SMILES string of the molecule is CC1=NN(C)C(=O)C(n2nc(C(F)(F)F)cc2C)C1=O.CN1N=CC(=O)C(n2nc(Cl)c3ccccc32)C1=O.Cc1cc(Cl)nn1C1C(=O)C=NN(C)C1=O. The van der Waals surface area contributed by atoms with Gasteiger partial charge in [0.15, 0.2) is 34.1 Å². The van der Waals surface area contributed by atoms with E-state index in [1.165, 1.54) is 44.4 Å². The van der Waals surface area contributed by atoms with Crippen LogP contribution in [0.4, 0.5) is 13.2 Å². The van der Waals surface area contributed by atoms with Gasteiger partial charge in [-0.05, 0) is 45.0 Å². The summed E-state index contributed by atoms with van der Waals surface area (Å²) in [4.78, 5) is 71.3. The Morgan fingerprint density at radius 1 is 0.655 bits per heavy atom. The van der Waals surface area contributed by atoms with E-state index in [1.54, 1.807) is 31.2 Å². The summed E-state index contributed by atoms with van der Waals surface area (Å²) >= 11 is 11.7. The first kappa shape index (κ1) is 40.1. The molecule has 0 radical (unpaired) electrons. The van der Waals surface area contributed by atoms with Crippen molar-refractivity contribution in [3.8, 4) is 0 Å². The number of para-hydroxylation sites is 1. The Hall–Kier alpha value is -6.09. The predicted octanol–water partition coefficient (Wildman–Crippen LogP) is 2.84. The zero-order valence-electron chi connectivity index (χ0n) is 29.6. The number of Topliss-reactive ketones (excluding diaryl/α,β-unsaturated/α-hetero) is 3. The molecule has 3 amide bonds. The number of hydrazone groups is 3. The largest absolute Gasteiger partial charge is 0.435 e. The number of alkyl halides is 3. The molecule has 6 heterocycles. The van der Waals surface area contributed by atoms with Crippen LogP contribution in [0.5, 0.6) is 0 Å². The van der Waals surface area contributed by atoms with Crippen molar-refractivity contribution in [1.29, 1.82) is 0 Å². The molecular weight excluding hydrogens is 776 g/mol. The first-order valence-corrected chi connectivity index (χ1v) is 16.5. The lowest BCUT2D eigenvalue weighted by Gasteiger charge is -2.25. The molecule has 0 fully saturated rings. The first-order chi connectivity index (χ1) is 25.7. The molecule has 0 saturated heterocycles. The van der Waals surface area contributed by atoms with Crippen molar-refractivity contribution in [2.24, 2.45) is 15.3 Å². The van der Waals surface area contributed by atoms with Gasteiger partial charge in [0, 0.05) is 37.9 Å². The van der Waals surface area contributed by atoms with Crippen LogP contribution in [-0.4, -0.2) is 119 Å². The second-order valence-electron chi connectivity index (χ2n) is 12.1. The van der Waals surface area contributed by atoms with E-state index >= 15 is 0 Å². The van der Waals surface area contributed by atoms with Crippen LogP contribution >= 0.6 is 23.2 Å². The summed E-state index contributed by atoms with van der Waals surface area (Å²) in [7, 11) is 4.30. The third kappa shape index (κ3) is 7.92. The quantitative estimate of drug-likeness (QED) is 0.279. The number of benzene rings is 1. The number of likely N-dealkylation sites (N-methyl/N-ethyl adjacent to an activating group) is 3. The maximum Gasteiger partial charge on any atom is 0.435 e. The molecule has 7 rings (SSSR count). The van der Waals surface area contributed by atoms with Crippen LogP contribution in [0, 0.1) is 13.8 Å². The van der Waals surface area contributed by atoms with Crippen LogP contribution in [0.3, 0.4) is 0 Å². The Labute approximate surface area is 318 Å². The van der Waals surface area contributed by atoms with E-state index in [0.717, 1.165) is 38.2 Å². The summed E-state index contributed by atoms with van der Waals surface area (Å²) in [5.41, 5.74) is 0.273. The van der Waals surface area contributed by atoms with Gasteiger partial charge in [-0.3, -0.25) is 28.8 Å². The van der Waals surface area contributed by atoms with Crippen LogP contribution in [-0.2, 0) is 34.9 Å². The van der Waals surface area contributed by atoms with Gasteiger partial charge in [-0.25, -0.2) is 29.1 Å². The van der Waals surface area contributed by atoms with E-state index in [0.29, 0.717) is 16.6 Å². The highest BCUT2D eigenvalue weighted by atomic mass is 35.5. The van der Waals surface area contributed by atoms with Crippen molar-refractivity contribution in [2.45, 2.75) is 45.1 Å². The average molecular weight is 806 g/mol. The van der Waals surface area contributed by atoms with Crippen molar-refractivity contribution in [1.82, 2.24) is 44.4 Å². The fraction of sp³-hybridized carbons (Fsp3) is 0.312. The van der Waals surface area contributed by atoms with Crippen molar-refractivity contribution < 1.29 is 41.9 Å². The Balaban J connectivity index is 0.000000159. The maximum absolute atomic E-state index is 12.6. The normalized spacial score (nSPS) is 20.2. The highest BCUT2D eigenvalue weighted by Crippen LogP contribution is 2.31. The topological polar surface area (TPSA) is 203 Å². The summed E-state index contributed by atoms with van der Waals surface area (Å²) in [6.07, 6.45) is -2.40. The van der Waals surface area contributed by atoms with Crippen LogP contribution in [0.1, 0.15) is 42.1 Å². The fourth-order valence-corrected chi connectivity index (χ4v) is 5.94. The molecule has 1 aromatic carbocycles. The molecular formula is C32H29Cl2F3N12O6. The smallest absolute Gasteiger partial charge is 0.290 e. The molecule has 3 aromatic heterocycles. The van der Waals surface area contributed by atoms with Crippen LogP contribution in [0.2, 0.25) is 10.3 Å². The van der Waals surface area contributed by atoms with Gasteiger partial charge in [-0.1, -0.05) is 35.3 Å². The number of carbonyl (C=O) groups is 6. The van der Waals surface area contributed by atoms with Crippen molar-refractivity contribution in [2.75, 3.05) is 21.1 Å². The third-order valence-corrected chi connectivity index (χ3v) is 8.69. The van der Waals surface area contributed by atoms with E-state index in [4.69, 9.17) is 23.2 Å². The number of aryl methyl sites for hydroxylation is 2. The Morgan fingerprint density at radius 2 is 1.16 bits per heavy atom. The second-order valence-corrected chi connectivity index (χ2v) is 12.8. The number of hydrogen-bond acceptors (Lipinski definition) is 12. The molecule has 3 atom stereocenters. The minimum Gasteiger partial charge on any atom is -0.290 e. The van der Waals surface area contributed by atoms with E-state index in [9.17, 15) is 41.9 Å². The number of carbonyl (C=O) groups excluding carboxylic acids is 6. The van der Waals surface area contributed by atoms with Gasteiger partial charge in [0.1, 0.15) is 5.71 Å². The first-order valence-electron chi connectivity index (χ1n) is 15.8. The fourth-order valence-electron chi connectivity index (χ4n) is 5.46. The molecule has 4 aromatic rings. The zero-order chi connectivity index (χ0) is 40.7. The van der Waals surface area contributed by atoms with Gasteiger partial charge < -0.3 is 0 Å². The monoisotopic (exact) mass is 804 g/mol. The summed E-state index contributed by atoms with van der Waals surface area (Å²) in [5.74, 6) is -3.04. The minimum atomic E-state index is -4.63. The van der Waals surface area contributed by atoms with E-state index in [1.807, 2.05) is 6.07 Å². The maximum atomic E-state index is 12.6. The van der Waals surface area contributed by atoms with Crippen molar-refractivity contribution in [3.63, 3.8) is 0 Å². The minimum absolute atomic E-state index is 0.0422. The molecule has 23 heteroatoms. The number of fused-ring (bicyclic) bond motifs is 1. The molecule has 0 bridgehead atoms. The Morgan fingerprint density at radius 3 is 1.69 bits per heavy atom. The summed E-state index contributed by atoms with van der Waals surface area (Å²) in [6, 6.07) is 6.08. The molecule has 0 N–H and O–H groups in total. The molecule has 0 aliphatic carbocycles. The third-order valence-electron chi connectivity index (χ3n) is 8.23. The number of hydrogen-bond donors (Lipinski definition) is 0. The standard InChI is InChI=1S/C12H9ClN4O2.C11H11F3N4O2.C9H9ClN4O2/c1-16-12(19)10(9(18)6-14-16)17-8-5-3-2-4-7(8)11(13)15-17;1-5-4-7(11(12,13)14)16-18(5)8-9(19)6(2)15-17(3)10(8)20;1-5-3-7(10)12-14(5)8-6(15)4-11-13(2)9(8)16/h2-6,10H,1H3;4,8H,1-3H3;3-4,8H,1-2H3. The highest BCUT2D eigenvalue weighted by Gasteiger charge is 2.41. The number of aromatic nitrogens is 6. The molecule has 0 saturated carbocycles. The zero-order valence-corrected chi connectivity index (χ0v) is 31.1. The molecule has 3 aliphatic rings. The number of ketones is 3. The lowest BCUT2D eigenvalue weighted by atomic mass is 10.1. The number of nitrogens with zero attached hydrogens (tertiary/aromatic N) is 12. The van der Waals surface area contributed by atoms with E-state index in [-0.39, 0.29) is 21.7 Å². The van der Waals surface area contributed by atoms with Crippen LogP contribution < -0.4 is 0 Å². The molecule has 288 valence electrons. The van der Waals surface area contributed by atoms with E-state index < -0.39 is 65.1 Å². The molecule has 0 spiro atoms. The van der Waals surface area contributed by atoms with Gasteiger partial charge in [0.2, 0.25) is 17.3 Å². The molecule has 18 nitrogen and oxygen atoms in total. The molecule has 3 aliphatic heterocycles. The summed E-state index contributed by atoms with van der Waals surface area (Å²) in [6.45, 7) is 4.47. The van der Waals surface area contributed by atoms with Crippen LogP contribution in [0.15, 0.2) is 51.7 Å². The summed E-state index contributed by atoms with van der Waals surface area (Å²) < 4.78 is 41.3. The van der Waals surface area contributed by atoms with Gasteiger partial charge in [0.25, 0.3) is 17.7 Å². The molecule has 55 heavy (non-hydrogen) atoms. The Kier molecular flexibility index (Phi) is 11.2. The van der Waals surface area contributed by atoms with Crippen molar-refractivity contribution >= 4 is 87.3 Å². The number of rotatable bonds is 3. The van der Waals surface area contributed by atoms with Gasteiger partial charge >= 0.3 is 6.18 Å². The lowest BCUT2D eigenvalue weighted by molar-refractivity contribution is -0.144. The van der Waals surface area contributed by atoms with Crippen molar-refractivity contribution in [3.05, 3.63) is 63.8 Å². The van der Waals surface area contributed by atoms with E-state index in [2.05, 4.69) is 30.6 Å². The van der Waals surface area contributed by atoms with Gasteiger partial charge in [-0.15, -0.1) is 0 Å².